The van der Waals surface area contributed by atoms with Crippen LogP contribution in [0.4, 0.5) is 4.79 Å². The summed E-state index contributed by atoms with van der Waals surface area (Å²) in [5.41, 5.74) is 4.31. The van der Waals surface area contributed by atoms with Crippen LogP contribution in [0.2, 0.25) is 0 Å². The number of fused-ring (bicyclic) bond motifs is 2. The maximum atomic E-state index is 14.9. The smallest absolute Gasteiger partial charge is 0.412 e. The van der Waals surface area contributed by atoms with Gasteiger partial charge in [0.05, 0.1) is 31.8 Å². The number of aliphatic hydroxyl groups is 2. The Bertz CT molecular complexity index is 1990. The van der Waals surface area contributed by atoms with Gasteiger partial charge in [0.25, 0.3) is 0 Å². The second-order valence-corrected chi connectivity index (χ2v) is 16.1. The molecule has 12 heteroatoms. The van der Waals surface area contributed by atoms with E-state index < -0.39 is 23.8 Å². The Hall–Kier alpha value is -5.17. The average Bonchev–Trinajstić information content (AvgIpc) is 3.27. The van der Waals surface area contributed by atoms with Crippen LogP contribution in [0.3, 0.4) is 0 Å². The molecule has 1 saturated carbocycles. The fourth-order valence-electron chi connectivity index (χ4n) is 9.51. The monoisotopic (exact) mass is 837 g/mol. The van der Waals surface area contributed by atoms with Gasteiger partial charge in [0.2, 0.25) is 11.7 Å². The Kier molecular flexibility index (Phi) is 16.4. The molecule has 1 fully saturated rings. The fourth-order valence-corrected chi connectivity index (χ4v) is 9.51. The van der Waals surface area contributed by atoms with E-state index in [2.05, 4.69) is 24.9 Å². The molecule has 2 aliphatic carbocycles. The van der Waals surface area contributed by atoms with Gasteiger partial charge in [-0.2, -0.15) is 0 Å². The van der Waals surface area contributed by atoms with E-state index >= 15 is 0 Å². The summed E-state index contributed by atoms with van der Waals surface area (Å²) in [6.45, 7) is 9.35. The van der Waals surface area contributed by atoms with Crippen molar-refractivity contribution in [1.29, 1.82) is 0 Å². The van der Waals surface area contributed by atoms with Crippen LogP contribution in [0.5, 0.6) is 17.2 Å². The molecule has 6 rings (SSSR count). The van der Waals surface area contributed by atoms with Crippen molar-refractivity contribution in [3.8, 4) is 17.2 Å². The Morgan fingerprint density at radius 1 is 0.967 bits per heavy atom. The Morgan fingerprint density at radius 3 is 2.46 bits per heavy atom. The number of carbonyl (C=O) groups is 2. The topological polar surface area (TPSA) is 148 Å². The zero-order chi connectivity index (χ0) is 43.2. The number of methoxy groups -OCH3 is 1. The van der Waals surface area contributed by atoms with Gasteiger partial charge in [-0.1, -0.05) is 79.5 Å². The van der Waals surface area contributed by atoms with Crippen LogP contribution in [-0.4, -0.2) is 84.7 Å². The molecule has 0 bridgehead atoms. The molecule has 12 nitrogen and oxygen atoms in total. The number of rotatable bonds is 22. The highest BCUT2D eigenvalue weighted by atomic mass is 16.7. The summed E-state index contributed by atoms with van der Waals surface area (Å²) in [6.07, 6.45) is 9.06. The third-order valence-electron chi connectivity index (χ3n) is 12.1. The van der Waals surface area contributed by atoms with Crippen LogP contribution < -0.4 is 19.5 Å². The Morgan fingerprint density at radius 2 is 1.74 bits per heavy atom. The number of hydrogen-bond acceptors (Lipinski definition) is 10. The lowest BCUT2D eigenvalue weighted by Gasteiger charge is -2.60. The van der Waals surface area contributed by atoms with Gasteiger partial charge in [0.15, 0.2) is 0 Å². The number of benzene rings is 3. The van der Waals surface area contributed by atoms with Gasteiger partial charge < -0.3 is 44.2 Å². The number of allylic oxidation sites excluding steroid dienone is 1. The minimum Gasteiger partial charge on any atom is -0.497 e. The number of ether oxygens (including phenoxy) is 4. The van der Waals surface area contributed by atoms with Gasteiger partial charge >= 0.3 is 6.09 Å². The molecule has 3 aliphatic rings. The quantitative estimate of drug-likeness (QED) is 0.0519. The first-order valence-corrected chi connectivity index (χ1v) is 21.9. The second kappa shape index (κ2) is 22.1. The van der Waals surface area contributed by atoms with Gasteiger partial charge in [-0.05, 0) is 97.9 Å². The number of carbonyl (C=O) groups excluding carboxylic acids is 2. The molecule has 3 aromatic rings. The molecule has 1 aliphatic heterocycles. The molecule has 0 spiro atoms. The lowest BCUT2D eigenvalue weighted by molar-refractivity contribution is -0.257. The molecule has 1 heterocycles. The third-order valence-corrected chi connectivity index (χ3v) is 12.1. The zero-order valence-electron chi connectivity index (χ0n) is 35.9. The maximum Gasteiger partial charge on any atom is 0.412 e. The van der Waals surface area contributed by atoms with Crippen molar-refractivity contribution < 1.29 is 43.6 Å². The van der Waals surface area contributed by atoms with Crippen LogP contribution >= 0.6 is 0 Å². The summed E-state index contributed by atoms with van der Waals surface area (Å²) in [6, 6.07) is 22.3. The lowest BCUT2D eigenvalue weighted by atomic mass is 9.55. The van der Waals surface area contributed by atoms with E-state index in [-0.39, 0.29) is 62.9 Å². The Balaban J connectivity index is 1.57. The number of oxime groups is 1. The van der Waals surface area contributed by atoms with Crippen molar-refractivity contribution in [2.75, 3.05) is 40.0 Å². The minimum atomic E-state index is -1.40. The number of nitrogens with zero attached hydrogens (tertiary/aromatic N) is 2. The summed E-state index contributed by atoms with van der Waals surface area (Å²) in [5.74, 6) is -0.542. The van der Waals surface area contributed by atoms with Crippen LogP contribution in [0, 0.1) is 17.8 Å². The van der Waals surface area contributed by atoms with E-state index in [1.54, 1.807) is 19.3 Å². The Labute approximate surface area is 360 Å². The third kappa shape index (κ3) is 10.7. The van der Waals surface area contributed by atoms with Gasteiger partial charge in [-0.15, -0.1) is 6.58 Å². The van der Waals surface area contributed by atoms with E-state index in [1.165, 1.54) is 0 Å². The summed E-state index contributed by atoms with van der Waals surface area (Å²) in [5, 5.41) is 27.5. The van der Waals surface area contributed by atoms with Crippen LogP contribution in [-0.2, 0) is 27.4 Å². The van der Waals surface area contributed by atoms with Gasteiger partial charge in [-0.3, -0.25) is 4.79 Å². The normalized spacial score (nSPS) is 23.1. The highest BCUT2D eigenvalue weighted by molar-refractivity contribution is 6.03. The molecule has 61 heavy (non-hydrogen) atoms. The van der Waals surface area contributed by atoms with Gasteiger partial charge in [0.1, 0.15) is 29.9 Å². The zero-order valence-corrected chi connectivity index (χ0v) is 35.9. The summed E-state index contributed by atoms with van der Waals surface area (Å²) in [4.78, 5) is 35.8. The molecule has 3 N–H and O–H groups in total. The van der Waals surface area contributed by atoms with Crippen molar-refractivity contribution in [3.05, 3.63) is 114 Å². The first-order chi connectivity index (χ1) is 29.8. The molecule has 328 valence electrons. The predicted molar refractivity (Wildman–Crippen MR) is 235 cm³/mol. The lowest BCUT2D eigenvalue weighted by Crippen LogP contribution is -2.70. The van der Waals surface area contributed by atoms with Crippen molar-refractivity contribution in [2.45, 2.75) is 96.0 Å². The summed E-state index contributed by atoms with van der Waals surface area (Å²) in [7, 11) is 1.61. The van der Waals surface area contributed by atoms with Crippen LogP contribution in [0.25, 0.3) is 0 Å². The van der Waals surface area contributed by atoms with Crippen molar-refractivity contribution in [2.24, 2.45) is 22.9 Å². The second-order valence-electron chi connectivity index (χ2n) is 16.1. The summed E-state index contributed by atoms with van der Waals surface area (Å²) >= 11 is 0. The first-order valence-electron chi connectivity index (χ1n) is 21.9. The van der Waals surface area contributed by atoms with Gasteiger partial charge in [-0.25, -0.2) is 4.79 Å². The van der Waals surface area contributed by atoms with Crippen molar-refractivity contribution in [1.82, 2.24) is 10.2 Å². The fraction of sp³-hybridized carbons (Fsp3) is 0.490. The highest BCUT2D eigenvalue weighted by Gasteiger charge is 2.65. The van der Waals surface area contributed by atoms with E-state index in [1.807, 2.05) is 78.6 Å². The molecule has 0 aromatic heterocycles. The largest absolute Gasteiger partial charge is 0.497 e. The van der Waals surface area contributed by atoms with Crippen molar-refractivity contribution in [3.63, 3.8) is 0 Å². The molecular formula is C49H63N3O9. The number of unbranched alkanes of at least 4 members (excludes halogenated alkanes) is 2. The predicted octanol–water partition coefficient (Wildman–Crippen LogP) is 8.12. The first kappa shape index (κ1) is 45.4. The number of amides is 2. The number of nitrogens with one attached hydrogen (secondary N) is 1. The number of aliphatic hydroxyl groups excluding tert-OH is 2. The maximum absolute atomic E-state index is 14.9. The average molecular weight is 838 g/mol. The standard InChI is InChI=1S/C49H63N3O9/c1-5-24-52(45(55)29-35-18-15-20-37(28-35)57-4)44-32-42(51-59-33-34-16-9-8-10-17-34)40-30-36(19-11-13-25-53)39(21-12-14-26-54)46-41-31-38(60-48(56)50-7-3)22-23-43(41)61-49(44,47(40)46)58-27-6-2/h6,8-10,15-18,20,22-23,28,30-31,36,39,44,46-47,53-54H,2,5,7,11-14,19,21,24-27,29,32-33H2,1,3-4H3,(H,50,56)/t36-,39+,44-,46+,47+,49+/m0/s1. The molecule has 2 amide bonds. The minimum absolute atomic E-state index is 0.0189. The molecule has 3 aromatic carbocycles. The molecule has 0 radical (unpaired) electrons. The van der Waals surface area contributed by atoms with E-state index in [9.17, 15) is 19.8 Å². The highest BCUT2D eigenvalue weighted by Crippen LogP contribution is 2.62. The SMILES string of the molecule is C=CCO[C@@]12Oc3ccc(OC(=O)NCC)cc3[C@H]3[C@H](CCCCO)[C@@H](CCCCO)C=C(C(=NOCc4ccccc4)C[C@@H]1N(CCC)C(=O)Cc1cccc(OC)c1)[C@H]32. The van der Waals surface area contributed by atoms with Crippen molar-refractivity contribution >= 4 is 17.7 Å². The van der Waals surface area contributed by atoms with Crippen LogP contribution in [0.15, 0.2) is 102 Å². The van der Waals surface area contributed by atoms with E-state index in [0.717, 1.165) is 47.9 Å². The number of hydrogen-bond donors (Lipinski definition) is 3. The van der Waals surface area contributed by atoms with E-state index in [0.29, 0.717) is 55.3 Å². The molecule has 0 unspecified atom stereocenters. The molecule has 6 atom stereocenters. The van der Waals surface area contributed by atoms with Crippen LogP contribution in [0.1, 0.15) is 87.8 Å². The van der Waals surface area contributed by atoms with Gasteiger partial charge in [0, 0.05) is 44.2 Å². The molecular weight excluding hydrogens is 775 g/mol. The van der Waals surface area contributed by atoms with E-state index in [4.69, 9.17) is 28.9 Å². The summed E-state index contributed by atoms with van der Waals surface area (Å²) < 4.78 is 25.7. The molecule has 0 saturated heterocycles.